The van der Waals surface area contributed by atoms with Crippen molar-refractivity contribution in [1.82, 2.24) is 34.5 Å². The van der Waals surface area contributed by atoms with E-state index in [1.54, 1.807) is 19.3 Å². The van der Waals surface area contributed by atoms with E-state index in [0.29, 0.717) is 71.0 Å². The summed E-state index contributed by atoms with van der Waals surface area (Å²) in [5, 5.41) is 15.4. The van der Waals surface area contributed by atoms with E-state index in [2.05, 4.69) is 60.8 Å². The van der Waals surface area contributed by atoms with Gasteiger partial charge in [0.2, 0.25) is 23.5 Å². The van der Waals surface area contributed by atoms with Crippen LogP contribution in [-0.4, -0.2) is 105 Å². The van der Waals surface area contributed by atoms with Crippen molar-refractivity contribution < 1.29 is 23.1 Å². The van der Waals surface area contributed by atoms with Gasteiger partial charge in [0.15, 0.2) is 12.4 Å². The molecular formula is C44H50ClF2N11O4. The number of hydrogen-bond acceptors (Lipinski definition) is 12. The van der Waals surface area contributed by atoms with Crippen LogP contribution in [-0.2, 0) is 23.7 Å². The second-order valence-corrected chi connectivity index (χ2v) is 18.0. The summed E-state index contributed by atoms with van der Waals surface area (Å²) in [5.74, 6) is -2.84. The number of alkyl halides is 2. The number of piperidine rings is 2. The van der Waals surface area contributed by atoms with E-state index in [9.17, 15) is 14.4 Å². The molecule has 15 nitrogen and oxygen atoms in total. The lowest BCUT2D eigenvalue weighted by molar-refractivity contribution is -0.134. The number of aryl methyl sites for hydroxylation is 2. The van der Waals surface area contributed by atoms with E-state index in [1.165, 1.54) is 4.57 Å². The molecule has 62 heavy (non-hydrogen) atoms. The molecule has 3 aromatic heterocycles. The fourth-order valence-corrected chi connectivity index (χ4v) is 10.1. The molecule has 18 heteroatoms. The molecule has 5 aromatic rings. The van der Waals surface area contributed by atoms with Gasteiger partial charge in [0.25, 0.3) is 5.56 Å². The van der Waals surface area contributed by atoms with E-state index in [-0.39, 0.29) is 29.2 Å². The van der Waals surface area contributed by atoms with Gasteiger partial charge in [-0.05, 0) is 87.3 Å². The molecule has 2 amide bonds. The number of imide groups is 1. The zero-order valence-corrected chi connectivity index (χ0v) is 35.7. The number of ether oxygens (including phenoxy) is 1. The second-order valence-electron chi connectivity index (χ2n) is 17.6. The average Bonchev–Trinajstić information content (AvgIpc) is 4.08. The molecule has 3 atom stereocenters. The van der Waals surface area contributed by atoms with Gasteiger partial charge < -0.3 is 29.7 Å². The number of nitrogens with zero attached hydrogens (tertiary/aromatic N) is 8. The van der Waals surface area contributed by atoms with Gasteiger partial charge in [-0.3, -0.25) is 29.3 Å². The number of piperazine rings is 1. The maximum atomic E-state index is 15.2. The normalized spacial score (nSPS) is 22.8. The highest BCUT2D eigenvalue weighted by atomic mass is 35.5. The number of nitrogens with one attached hydrogen (secondary N) is 3. The van der Waals surface area contributed by atoms with E-state index in [1.807, 2.05) is 23.9 Å². The van der Waals surface area contributed by atoms with Crippen LogP contribution >= 0.6 is 11.6 Å². The van der Waals surface area contributed by atoms with Crippen molar-refractivity contribution in [1.29, 1.82) is 0 Å². The molecule has 7 heterocycles. The van der Waals surface area contributed by atoms with Crippen LogP contribution < -0.4 is 36.0 Å². The molecule has 0 radical (unpaired) electrons. The SMILES string of the molecule is C[C@H](C1CCN(c2ncc(Cl)c(Nc3ccc4c(c3)c3c(c(=O)n4C)OCC(F)(F)[C@H](C4CC4)N3)n2)CC1)N1CCN(c2ccc3c(C4CCC(=O)NC4=O)nn(C)c3c2)CC1. The Hall–Kier alpha value is -5.55. The molecule has 4 fully saturated rings. The van der Waals surface area contributed by atoms with Crippen molar-refractivity contribution in [3.05, 3.63) is 63.7 Å². The quantitative estimate of drug-likeness (QED) is 0.162. The van der Waals surface area contributed by atoms with Crippen molar-refractivity contribution >= 4 is 74.0 Å². The molecule has 326 valence electrons. The number of halogens is 3. The van der Waals surface area contributed by atoms with Crippen LogP contribution in [0.1, 0.15) is 57.1 Å². The first-order valence-electron chi connectivity index (χ1n) is 21.6. The van der Waals surface area contributed by atoms with Crippen LogP contribution in [0.3, 0.4) is 0 Å². The Morgan fingerprint density at radius 1 is 0.919 bits per heavy atom. The van der Waals surface area contributed by atoms with Gasteiger partial charge in [-0.15, -0.1) is 0 Å². The molecule has 10 rings (SSSR count). The number of amides is 2. The van der Waals surface area contributed by atoms with E-state index in [4.69, 9.17) is 26.4 Å². The predicted octanol–water partition coefficient (Wildman–Crippen LogP) is 5.78. The summed E-state index contributed by atoms with van der Waals surface area (Å²) in [4.78, 5) is 54.3. The zero-order valence-electron chi connectivity index (χ0n) is 35.0. The zero-order chi connectivity index (χ0) is 43.0. The van der Waals surface area contributed by atoms with Gasteiger partial charge in [-0.25, -0.2) is 13.8 Å². The first kappa shape index (κ1) is 40.5. The maximum Gasteiger partial charge on any atom is 0.301 e. The first-order valence-corrected chi connectivity index (χ1v) is 22.0. The van der Waals surface area contributed by atoms with E-state index < -0.39 is 30.0 Å². The predicted molar refractivity (Wildman–Crippen MR) is 234 cm³/mol. The van der Waals surface area contributed by atoms with Crippen molar-refractivity contribution in [2.24, 2.45) is 25.9 Å². The highest BCUT2D eigenvalue weighted by Gasteiger charge is 2.51. The van der Waals surface area contributed by atoms with Crippen LogP contribution in [0.25, 0.3) is 21.8 Å². The van der Waals surface area contributed by atoms with Crippen molar-refractivity contribution in [3.8, 4) is 5.75 Å². The smallest absolute Gasteiger partial charge is 0.301 e. The Morgan fingerprint density at radius 2 is 1.69 bits per heavy atom. The Bertz CT molecular complexity index is 2650. The van der Waals surface area contributed by atoms with E-state index >= 15 is 8.78 Å². The lowest BCUT2D eigenvalue weighted by Crippen LogP contribution is -2.53. The minimum absolute atomic E-state index is 0.106. The minimum atomic E-state index is -3.13. The highest BCUT2D eigenvalue weighted by molar-refractivity contribution is 6.33. The summed E-state index contributed by atoms with van der Waals surface area (Å²) in [6.07, 6.45) is 5.78. The van der Waals surface area contributed by atoms with Crippen LogP contribution in [0.5, 0.6) is 5.75 Å². The van der Waals surface area contributed by atoms with Gasteiger partial charge in [-0.1, -0.05) is 11.6 Å². The fraction of sp³-hybridized carbons (Fsp3) is 0.500. The molecule has 5 aliphatic rings. The van der Waals surface area contributed by atoms with E-state index in [0.717, 1.165) is 74.4 Å². The standard InChI is InChI=1S/C44H50ClF2N11O4/c1-24(56-16-18-57(19-17-56)28-7-8-29-34(21-28)55(3)53-36(29)30-9-11-35(59)50-41(30)60)25-12-14-58(15-13-25)43-48-22-32(45)40(52-43)49-27-6-10-33-31(20-27)37-38(42(61)54(33)2)62-23-44(46,47)39(51-37)26-4-5-26/h6-8,10,20-22,24-26,30,39,51H,4-5,9,11-19,23H2,1-3H3,(H,48,49,52)(H,50,59,60)/t24-,30?,39+/m1/s1. The monoisotopic (exact) mass is 869 g/mol. The number of hydrogen-bond donors (Lipinski definition) is 3. The molecule has 2 aromatic carbocycles. The minimum Gasteiger partial charge on any atom is -0.480 e. The number of aromatic nitrogens is 5. The molecule has 0 bridgehead atoms. The molecule has 1 aliphatic carbocycles. The summed E-state index contributed by atoms with van der Waals surface area (Å²) >= 11 is 6.65. The van der Waals surface area contributed by atoms with Crippen molar-refractivity contribution in [2.45, 2.75) is 69.4 Å². The Labute approximate surface area is 361 Å². The molecule has 0 spiro atoms. The molecule has 1 saturated carbocycles. The fourth-order valence-electron chi connectivity index (χ4n) is 9.97. The van der Waals surface area contributed by atoms with Gasteiger partial charge in [0.05, 0.1) is 40.6 Å². The van der Waals surface area contributed by atoms with Gasteiger partial charge >= 0.3 is 5.92 Å². The van der Waals surface area contributed by atoms with Crippen LogP contribution in [0.4, 0.5) is 37.6 Å². The third kappa shape index (κ3) is 7.35. The molecule has 1 unspecified atom stereocenters. The third-order valence-corrected chi connectivity index (χ3v) is 14.1. The number of fused-ring (bicyclic) bond motifs is 4. The summed E-state index contributed by atoms with van der Waals surface area (Å²) in [7, 11) is 3.51. The highest BCUT2D eigenvalue weighted by Crippen LogP contribution is 2.46. The maximum absolute atomic E-state index is 15.2. The summed E-state index contributed by atoms with van der Waals surface area (Å²) in [5.41, 5.74) is 3.84. The lowest BCUT2D eigenvalue weighted by Gasteiger charge is -2.43. The Kier molecular flexibility index (Phi) is 10.2. The third-order valence-electron chi connectivity index (χ3n) is 13.8. The number of anilines is 5. The molecule has 3 N–H and O–H groups in total. The van der Waals surface area contributed by atoms with Crippen LogP contribution in [0, 0.1) is 11.8 Å². The summed E-state index contributed by atoms with van der Waals surface area (Å²) in [6, 6.07) is 11.0. The number of rotatable bonds is 8. The van der Waals surface area contributed by atoms with Gasteiger partial charge in [0.1, 0.15) is 5.02 Å². The van der Waals surface area contributed by atoms with Crippen molar-refractivity contribution in [3.63, 3.8) is 0 Å². The van der Waals surface area contributed by atoms with Gasteiger partial charge in [-0.2, -0.15) is 10.1 Å². The summed E-state index contributed by atoms with van der Waals surface area (Å²) in [6.45, 7) is 6.80. The van der Waals surface area contributed by atoms with Crippen LogP contribution in [0.15, 0.2) is 47.4 Å². The van der Waals surface area contributed by atoms with Gasteiger partial charge in [0, 0.05) is 88.0 Å². The first-order chi connectivity index (χ1) is 29.8. The molecule has 3 saturated heterocycles. The number of carbonyl (C=O) groups excluding carboxylic acids is 2. The Balaban J connectivity index is 0.776. The average molecular weight is 870 g/mol. The largest absolute Gasteiger partial charge is 0.480 e. The topological polar surface area (TPSA) is 155 Å². The van der Waals surface area contributed by atoms with Crippen LogP contribution in [0.2, 0.25) is 5.02 Å². The number of benzene rings is 2. The Morgan fingerprint density at radius 3 is 2.44 bits per heavy atom. The lowest BCUT2D eigenvalue weighted by atomic mass is 9.89. The summed E-state index contributed by atoms with van der Waals surface area (Å²) < 4.78 is 39.1. The molecular weight excluding hydrogens is 820 g/mol. The number of carbonyl (C=O) groups is 2. The second kappa shape index (κ2) is 15.7. The van der Waals surface area contributed by atoms with Crippen molar-refractivity contribution in [2.75, 3.05) is 66.3 Å². The molecule has 4 aliphatic heterocycles. The number of pyridine rings is 1.